The highest BCUT2D eigenvalue weighted by Crippen LogP contribution is 2.13. The van der Waals surface area contributed by atoms with E-state index in [4.69, 9.17) is 4.74 Å². The fourth-order valence-corrected chi connectivity index (χ4v) is 2.07. The molecule has 0 saturated carbocycles. The molecule has 0 fully saturated rings. The topological polar surface area (TPSA) is 48.3 Å². The molecule has 0 rings (SSSR count). The van der Waals surface area contributed by atoms with E-state index in [2.05, 4.69) is 44.1 Å². The standard InChI is InChI=1S/C14H29N3O/c1-12(2)16-14(4,11-15)8-7-9-17(5)13(3)10-18-6/h12-13,16H,7-10H2,1-6H3. The summed E-state index contributed by atoms with van der Waals surface area (Å²) in [6.45, 7) is 10.0. The number of hydrogen-bond donors (Lipinski definition) is 1. The number of nitrogens with zero attached hydrogens (tertiary/aromatic N) is 2. The van der Waals surface area contributed by atoms with E-state index in [-0.39, 0.29) is 0 Å². The molecule has 0 aliphatic heterocycles. The molecule has 0 aromatic carbocycles. The summed E-state index contributed by atoms with van der Waals surface area (Å²) < 4.78 is 5.14. The fourth-order valence-electron chi connectivity index (χ4n) is 2.07. The molecule has 0 saturated heterocycles. The van der Waals surface area contributed by atoms with Gasteiger partial charge in [0.25, 0.3) is 0 Å². The number of methoxy groups -OCH3 is 1. The van der Waals surface area contributed by atoms with Crippen LogP contribution in [-0.2, 0) is 4.74 Å². The Bertz CT molecular complexity index is 262. The second-order valence-corrected chi connectivity index (χ2v) is 5.63. The summed E-state index contributed by atoms with van der Waals surface area (Å²) >= 11 is 0. The zero-order valence-corrected chi connectivity index (χ0v) is 12.8. The van der Waals surface area contributed by atoms with E-state index in [1.165, 1.54) is 0 Å². The van der Waals surface area contributed by atoms with E-state index < -0.39 is 5.54 Å². The van der Waals surface area contributed by atoms with Crippen LogP contribution in [0.4, 0.5) is 0 Å². The number of hydrogen-bond acceptors (Lipinski definition) is 4. The number of nitrogens with one attached hydrogen (secondary N) is 1. The van der Waals surface area contributed by atoms with Gasteiger partial charge in [-0.1, -0.05) is 0 Å². The molecule has 0 spiro atoms. The zero-order valence-electron chi connectivity index (χ0n) is 12.8. The lowest BCUT2D eigenvalue weighted by Crippen LogP contribution is -2.45. The van der Waals surface area contributed by atoms with Gasteiger partial charge in [-0.2, -0.15) is 5.26 Å². The molecule has 18 heavy (non-hydrogen) atoms. The Morgan fingerprint density at radius 3 is 2.44 bits per heavy atom. The lowest BCUT2D eigenvalue weighted by atomic mass is 9.96. The van der Waals surface area contributed by atoms with Crippen LogP contribution in [0.1, 0.15) is 40.5 Å². The maximum absolute atomic E-state index is 9.25. The summed E-state index contributed by atoms with van der Waals surface area (Å²) in [6, 6.07) is 3.13. The van der Waals surface area contributed by atoms with Gasteiger partial charge in [-0.3, -0.25) is 5.32 Å². The molecule has 0 amide bonds. The van der Waals surface area contributed by atoms with Gasteiger partial charge in [-0.25, -0.2) is 0 Å². The summed E-state index contributed by atoms with van der Waals surface area (Å²) in [4.78, 5) is 2.27. The average Bonchev–Trinajstić information content (AvgIpc) is 2.28. The van der Waals surface area contributed by atoms with Gasteiger partial charge in [0, 0.05) is 19.2 Å². The molecule has 0 heterocycles. The van der Waals surface area contributed by atoms with Crippen LogP contribution in [0.5, 0.6) is 0 Å². The smallest absolute Gasteiger partial charge is 0.104 e. The molecule has 0 aromatic heterocycles. The first-order valence-electron chi connectivity index (χ1n) is 6.72. The van der Waals surface area contributed by atoms with Crippen LogP contribution in [0.25, 0.3) is 0 Å². The Balaban J connectivity index is 4.05. The van der Waals surface area contributed by atoms with Crippen molar-refractivity contribution in [2.45, 2.75) is 58.2 Å². The number of rotatable bonds is 9. The van der Waals surface area contributed by atoms with Gasteiger partial charge >= 0.3 is 0 Å². The van der Waals surface area contributed by atoms with Gasteiger partial charge in [-0.05, 0) is 54.1 Å². The third kappa shape index (κ3) is 6.95. The van der Waals surface area contributed by atoms with Crippen molar-refractivity contribution < 1.29 is 4.74 Å². The molecular formula is C14H29N3O. The van der Waals surface area contributed by atoms with Gasteiger partial charge in [0.1, 0.15) is 5.54 Å². The van der Waals surface area contributed by atoms with Crippen LogP contribution in [0, 0.1) is 11.3 Å². The minimum Gasteiger partial charge on any atom is -0.383 e. The van der Waals surface area contributed by atoms with Crippen LogP contribution in [0.15, 0.2) is 0 Å². The molecule has 0 aliphatic carbocycles. The van der Waals surface area contributed by atoms with Gasteiger partial charge in [0.05, 0.1) is 12.7 Å². The van der Waals surface area contributed by atoms with E-state index in [1.54, 1.807) is 7.11 Å². The van der Waals surface area contributed by atoms with Crippen LogP contribution < -0.4 is 5.32 Å². The van der Waals surface area contributed by atoms with Crippen LogP contribution in [0.2, 0.25) is 0 Å². The SMILES string of the molecule is COCC(C)N(C)CCCC(C)(C#N)NC(C)C. The Hall–Kier alpha value is -0.630. The predicted octanol–water partition coefficient (Wildman–Crippen LogP) is 2.01. The first-order chi connectivity index (χ1) is 8.34. The first kappa shape index (κ1) is 17.4. The second kappa shape index (κ2) is 8.47. The third-order valence-corrected chi connectivity index (χ3v) is 3.20. The summed E-state index contributed by atoms with van der Waals surface area (Å²) in [5.74, 6) is 0. The van der Waals surface area contributed by atoms with E-state index >= 15 is 0 Å². The predicted molar refractivity (Wildman–Crippen MR) is 75.5 cm³/mol. The third-order valence-electron chi connectivity index (χ3n) is 3.20. The molecular weight excluding hydrogens is 226 g/mol. The molecule has 0 aromatic rings. The Kier molecular flexibility index (Phi) is 8.17. The summed E-state index contributed by atoms with van der Waals surface area (Å²) in [7, 11) is 3.83. The van der Waals surface area contributed by atoms with E-state index in [0.717, 1.165) is 26.0 Å². The maximum Gasteiger partial charge on any atom is 0.104 e. The lowest BCUT2D eigenvalue weighted by Gasteiger charge is -2.28. The Labute approximate surface area is 112 Å². The summed E-state index contributed by atoms with van der Waals surface area (Å²) in [6.07, 6.45) is 1.88. The van der Waals surface area contributed by atoms with Crippen LogP contribution in [-0.4, -0.2) is 49.8 Å². The van der Waals surface area contributed by atoms with Crippen molar-refractivity contribution in [3.8, 4) is 6.07 Å². The Morgan fingerprint density at radius 2 is 2.00 bits per heavy atom. The molecule has 0 bridgehead atoms. The average molecular weight is 255 g/mol. The summed E-state index contributed by atoms with van der Waals surface area (Å²) in [5.41, 5.74) is -0.417. The highest BCUT2D eigenvalue weighted by atomic mass is 16.5. The van der Waals surface area contributed by atoms with Crippen LogP contribution in [0.3, 0.4) is 0 Å². The number of likely N-dealkylation sites (N-methyl/N-ethyl adjacent to an activating group) is 1. The maximum atomic E-state index is 9.25. The van der Waals surface area contributed by atoms with Gasteiger partial charge < -0.3 is 9.64 Å². The first-order valence-corrected chi connectivity index (χ1v) is 6.72. The van der Waals surface area contributed by atoms with E-state index in [1.807, 2.05) is 6.92 Å². The number of ether oxygens (including phenoxy) is 1. The minimum absolute atomic E-state index is 0.333. The van der Waals surface area contributed by atoms with E-state index in [9.17, 15) is 5.26 Å². The van der Waals surface area contributed by atoms with Crippen molar-refractivity contribution >= 4 is 0 Å². The van der Waals surface area contributed by atoms with Crippen molar-refractivity contribution in [1.82, 2.24) is 10.2 Å². The largest absolute Gasteiger partial charge is 0.383 e. The van der Waals surface area contributed by atoms with Crippen molar-refractivity contribution in [1.29, 1.82) is 5.26 Å². The molecule has 2 atom stereocenters. The van der Waals surface area contributed by atoms with E-state index in [0.29, 0.717) is 12.1 Å². The number of nitriles is 1. The molecule has 4 nitrogen and oxygen atoms in total. The van der Waals surface area contributed by atoms with Crippen molar-refractivity contribution in [2.75, 3.05) is 27.3 Å². The molecule has 1 N–H and O–H groups in total. The van der Waals surface area contributed by atoms with Crippen LogP contribution >= 0.6 is 0 Å². The molecule has 2 unspecified atom stereocenters. The quantitative estimate of drug-likeness (QED) is 0.685. The highest BCUT2D eigenvalue weighted by Gasteiger charge is 2.24. The highest BCUT2D eigenvalue weighted by molar-refractivity contribution is 5.04. The normalized spacial score (nSPS) is 16.6. The Morgan fingerprint density at radius 1 is 1.39 bits per heavy atom. The summed E-state index contributed by atoms with van der Waals surface area (Å²) in [5, 5.41) is 12.6. The molecule has 0 aliphatic rings. The van der Waals surface area contributed by atoms with Crippen molar-refractivity contribution in [3.63, 3.8) is 0 Å². The monoisotopic (exact) mass is 255 g/mol. The second-order valence-electron chi connectivity index (χ2n) is 5.63. The van der Waals surface area contributed by atoms with Crippen molar-refractivity contribution in [3.05, 3.63) is 0 Å². The van der Waals surface area contributed by atoms with Crippen molar-refractivity contribution in [2.24, 2.45) is 0 Å². The van der Waals surface area contributed by atoms with Gasteiger partial charge in [0.15, 0.2) is 0 Å². The zero-order chi connectivity index (χ0) is 14.2. The molecule has 106 valence electrons. The molecule has 4 heteroatoms. The van der Waals surface area contributed by atoms with Gasteiger partial charge in [-0.15, -0.1) is 0 Å². The minimum atomic E-state index is -0.417. The van der Waals surface area contributed by atoms with Gasteiger partial charge in [0.2, 0.25) is 0 Å². The fraction of sp³-hybridized carbons (Fsp3) is 0.929. The lowest BCUT2D eigenvalue weighted by molar-refractivity contribution is 0.113. The molecule has 0 radical (unpaired) electrons.